The van der Waals surface area contributed by atoms with E-state index >= 15 is 0 Å². The molecule has 0 saturated heterocycles. The summed E-state index contributed by atoms with van der Waals surface area (Å²) < 4.78 is 14.5. The molecule has 1 aliphatic rings. The van der Waals surface area contributed by atoms with Crippen molar-refractivity contribution in [3.8, 4) is 0 Å². The molecule has 0 aliphatic heterocycles. The number of para-hydroxylation sites is 1. The highest BCUT2D eigenvalue weighted by atomic mass is 19.1. The van der Waals surface area contributed by atoms with Gasteiger partial charge in [0.1, 0.15) is 5.82 Å². The molecule has 0 atom stereocenters. The Bertz CT molecular complexity index is 453. The Morgan fingerprint density at radius 2 is 1.95 bits per heavy atom. The Morgan fingerprint density at radius 1 is 1.24 bits per heavy atom. The second-order valence-electron chi connectivity index (χ2n) is 6.89. The number of nitrogens with one attached hydrogen (secondary N) is 1. The number of hydrogen-bond donors (Lipinski definition) is 1. The van der Waals surface area contributed by atoms with E-state index in [1.807, 2.05) is 6.07 Å². The van der Waals surface area contributed by atoms with Crippen LogP contribution in [-0.2, 0) is 6.54 Å². The van der Waals surface area contributed by atoms with Crippen molar-refractivity contribution in [2.75, 3.05) is 11.4 Å². The molecule has 0 radical (unpaired) electrons. The molecule has 1 aromatic carbocycles. The number of anilines is 1. The van der Waals surface area contributed by atoms with Crippen molar-refractivity contribution in [3.05, 3.63) is 29.6 Å². The highest BCUT2D eigenvalue weighted by Gasteiger charge is 2.31. The fourth-order valence-electron chi connectivity index (χ4n) is 2.60. The summed E-state index contributed by atoms with van der Waals surface area (Å²) in [6.45, 7) is 10.4. The summed E-state index contributed by atoms with van der Waals surface area (Å²) in [7, 11) is 0. The third-order valence-electron chi connectivity index (χ3n) is 3.99. The van der Waals surface area contributed by atoms with Gasteiger partial charge in [0.05, 0.1) is 5.69 Å². The molecular weight excluding hydrogens is 263 g/mol. The summed E-state index contributed by atoms with van der Waals surface area (Å²) in [6.07, 6.45) is 3.51. The van der Waals surface area contributed by atoms with E-state index in [1.54, 1.807) is 6.07 Å². The van der Waals surface area contributed by atoms with Crippen LogP contribution in [0.1, 0.15) is 52.5 Å². The molecule has 0 aromatic heterocycles. The minimum Gasteiger partial charge on any atom is -0.366 e. The van der Waals surface area contributed by atoms with Gasteiger partial charge in [-0.1, -0.05) is 39.8 Å². The van der Waals surface area contributed by atoms with Crippen LogP contribution in [0.25, 0.3) is 0 Å². The highest BCUT2D eigenvalue weighted by Crippen LogP contribution is 2.35. The van der Waals surface area contributed by atoms with Crippen LogP contribution in [0.3, 0.4) is 0 Å². The van der Waals surface area contributed by atoms with Gasteiger partial charge < -0.3 is 10.2 Å². The molecule has 2 nitrogen and oxygen atoms in total. The van der Waals surface area contributed by atoms with Gasteiger partial charge >= 0.3 is 0 Å². The van der Waals surface area contributed by atoms with E-state index < -0.39 is 0 Å². The second kappa shape index (κ2) is 7.26. The van der Waals surface area contributed by atoms with Crippen molar-refractivity contribution < 1.29 is 4.39 Å². The van der Waals surface area contributed by atoms with E-state index in [-0.39, 0.29) is 5.82 Å². The Kier molecular flexibility index (Phi) is 5.63. The molecule has 0 unspecified atom stereocenters. The van der Waals surface area contributed by atoms with Crippen LogP contribution >= 0.6 is 0 Å². The standard InChI is InChI=1S/C18H29FN2/c1-13(2)10-11-21(16-8-9-16)18-15(12-20-14(3)4)6-5-7-17(18)19/h5-7,13-14,16,20H,8-12H2,1-4H3. The number of nitrogens with zero attached hydrogens (tertiary/aromatic N) is 1. The zero-order chi connectivity index (χ0) is 15.4. The first-order chi connectivity index (χ1) is 9.99. The summed E-state index contributed by atoms with van der Waals surface area (Å²) in [6, 6.07) is 6.42. The lowest BCUT2D eigenvalue weighted by Crippen LogP contribution is -2.31. The minimum atomic E-state index is -0.0753. The maximum absolute atomic E-state index is 14.5. The predicted molar refractivity (Wildman–Crippen MR) is 88.2 cm³/mol. The molecule has 0 heterocycles. The van der Waals surface area contributed by atoms with Crippen molar-refractivity contribution >= 4 is 5.69 Å². The largest absolute Gasteiger partial charge is 0.366 e. The molecule has 0 spiro atoms. The molecule has 21 heavy (non-hydrogen) atoms. The van der Waals surface area contributed by atoms with Gasteiger partial charge in [0.15, 0.2) is 0 Å². The summed E-state index contributed by atoms with van der Waals surface area (Å²) >= 11 is 0. The van der Waals surface area contributed by atoms with E-state index in [1.165, 1.54) is 12.8 Å². The first-order valence-corrected chi connectivity index (χ1v) is 8.26. The van der Waals surface area contributed by atoms with E-state index in [0.29, 0.717) is 18.0 Å². The van der Waals surface area contributed by atoms with E-state index in [9.17, 15) is 4.39 Å². The number of halogens is 1. The van der Waals surface area contributed by atoms with Gasteiger partial charge in [-0.3, -0.25) is 0 Å². The summed E-state index contributed by atoms with van der Waals surface area (Å²) in [5, 5.41) is 3.42. The average molecular weight is 292 g/mol. The Morgan fingerprint density at radius 3 is 2.52 bits per heavy atom. The number of hydrogen-bond acceptors (Lipinski definition) is 2. The smallest absolute Gasteiger partial charge is 0.146 e. The van der Waals surface area contributed by atoms with E-state index in [0.717, 1.165) is 30.8 Å². The summed E-state index contributed by atoms with van der Waals surface area (Å²) in [5.41, 5.74) is 1.91. The first-order valence-electron chi connectivity index (χ1n) is 8.26. The highest BCUT2D eigenvalue weighted by molar-refractivity contribution is 5.56. The maximum Gasteiger partial charge on any atom is 0.146 e. The molecule has 0 amide bonds. The molecule has 2 rings (SSSR count). The third kappa shape index (κ3) is 4.70. The minimum absolute atomic E-state index is 0.0753. The average Bonchev–Trinajstić information content (AvgIpc) is 3.23. The molecule has 1 N–H and O–H groups in total. The topological polar surface area (TPSA) is 15.3 Å². The van der Waals surface area contributed by atoms with Gasteiger partial charge in [0, 0.05) is 25.2 Å². The number of rotatable bonds is 8. The maximum atomic E-state index is 14.5. The lowest BCUT2D eigenvalue weighted by Gasteiger charge is -2.28. The van der Waals surface area contributed by atoms with Crippen molar-refractivity contribution in [1.82, 2.24) is 5.32 Å². The lowest BCUT2D eigenvalue weighted by molar-refractivity contribution is 0.550. The molecule has 1 aliphatic carbocycles. The normalized spacial score (nSPS) is 15.0. The summed E-state index contributed by atoms with van der Waals surface area (Å²) in [4.78, 5) is 2.31. The van der Waals surface area contributed by atoms with Gasteiger partial charge in [-0.25, -0.2) is 4.39 Å². The molecular formula is C18H29FN2. The SMILES string of the molecule is CC(C)CCN(c1c(F)cccc1CNC(C)C)C1CC1. The molecule has 1 aromatic rings. The third-order valence-corrected chi connectivity index (χ3v) is 3.99. The zero-order valence-corrected chi connectivity index (χ0v) is 13.8. The first kappa shape index (κ1) is 16.3. The quantitative estimate of drug-likeness (QED) is 0.767. The van der Waals surface area contributed by atoms with Crippen LogP contribution in [0.4, 0.5) is 10.1 Å². The lowest BCUT2D eigenvalue weighted by atomic mass is 10.1. The van der Waals surface area contributed by atoms with Gasteiger partial charge in [0.2, 0.25) is 0 Å². The van der Waals surface area contributed by atoms with Crippen molar-refractivity contribution in [3.63, 3.8) is 0 Å². The molecule has 3 heteroatoms. The summed E-state index contributed by atoms with van der Waals surface area (Å²) in [5.74, 6) is 0.573. The number of benzene rings is 1. The van der Waals surface area contributed by atoms with Crippen molar-refractivity contribution in [2.24, 2.45) is 5.92 Å². The van der Waals surface area contributed by atoms with Gasteiger partial charge in [-0.2, -0.15) is 0 Å². The fraction of sp³-hybridized carbons (Fsp3) is 0.667. The monoisotopic (exact) mass is 292 g/mol. The Labute approximate surface area is 128 Å². The molecule has 1 fully saturated rings. The van der Waals surface area contributed by atoms with E-state index in [2.05, 4.69) is 44.0 Å². The molecule has 118 valence electrons. The zero-order valence-electron chi connectivity index (χ0n) is 13.8. The Balaban J connectivity index is 2.21. The molecule has 0 bridgehead atoms. The van der Waals surface area contributed by atoms with Gasteiger partial charge in [-0.15, -0.1) is 0 Å². The van der Waals surface area contributed by atoms with Crippen LogP contribution in [-0.4, -0.2) is 18.6 Å². The van der Waals surface area contributed by atoms with Crippen LogP contribution < -0.4 is 10.2 Å². The molecule has 1 saturated carbocycles. The van der Waals surface area contributed by atoms with Crippen LogP contribution in [0.2, 0.25) is 0 Å². The Hall–Kier alpha value is -1.09. The van der Waals surface area contributed by atoms with Crippen LogP contribution in [0.5, 0.6) is 0 Å². The predicted octanol–water partition coefficient (Wildman–Crippen LogP) is 4.34. The van der Waals surface area contributed by atoms with E-state index in [4.69, 9.17) is 0 Å². The van der Waals surface area contributed by atoms with Crippen LogP contribution in [0.15, 0.2) is 18.2 Å². The van der Waals surface area contributed by atoms with Gasteiger partial charge in [-0.05, 0) is 36.8 Å². The van der Waals surface area contributed by atoms with Gasteiger partial charge in [0.25, 0.3) is 0 Å². The fourth-order valence-corrected chi connectivity index (χ4v) is 2.60. The van der Waals surface area contributed by atoms with Crippen molar-refractivity contribution in [1.29, 1.82) is 0 Å². The second-order valence-corrected chi connectivity index (χ2v) is 6.89. The van der Waals surface area contributed by atoms with Crippen LogP contribution in [0, 0.1) is 11.7 Å². The van der Waals surface area contributed by atoms with Crippen molar-refractivity contribution in [2.45, 2.75) is 65.6 Å².